The number of fused-ring (bicyclic) bond motifs is 1. The maximum Gasteiger partial charge on any atom is 0.355 e. The average Bonchev–Trinajstić information content (AvgIpc) is 3.53. The molecule has 1 aliphatic heterocycles. The van der Waals surface area contributed by atoms with Crippen LogP contribution in [0.25, 0.3) is 10.9 Å². The van der Waals surface area contributed by atoms with Gasteiger partial charge in [-0.2, -0.15) is 0 Å². The van der Waals surface area contributed by atoms with Crippen LogP contribution < -0.4 is 4.74 Å². The van der Waals surface area contributed by atoms with Crippen LogP contribution in [-0.4, -0.2) is 42.1 Å². The van der Waals surface area contributed by atoms with E-state index in [0.717, 1.165) is 34.3 Å². The number of para-hydroxylation sites is 1. The smallest absolute Gasteiger partial charge is 0.355 e. The molecule has 1 atom stereocenters. The molecule has 0 saturated carbocycles. The van der Waals surface area contributed by atoms with Crippen molar-refractivity contribution in [2.75, 3.05) is 26.2 Å². The maximum absolute atomic E-state index is 13.0. The summed E-state index contributed by atoms with van der Waals surface area (Å²) in [6, 6.07) is 27.3. The first-order valence-electron chi connectivity index (χ1n) is 11.5. The largest absolute Gasteiger partial charge is 0.492 e. The number of esters is 1. The van der Waals surface area contributed by atoms with Gasteiger partial charge in [0.25, 0.3) is 0 Å². The third-order valence-corrected chi connectivity index (χ3v) is 6.13. The minimum Gasteiger partial charge on any atom is -0.492 e. The molecule has 3 aromatic carbocycles. The van der Waals surface area contributed by atoms with Crippen molar-refractivity contribution in [3.8, 4) is 5.75 Å². The van der Waals surface area contributed by atoms with Crippen LogP contribution in [0.1, 0.15) is 40.6 Å². The zero-order valence-electron chi connectivity index (χ0n) is 18.6. The van der Waals surface area contributed by atoms with Gasteiger partial charge in [0.1, 0.15) is 18.1 Å². The number of benzene rings is 3. The van der Waals surface area contributed by atoms with E-state index in [1.54, 1.807) is 0 Å². The number of likely N-dealkylation sites (tertiary alicyclic amines) is 1. The van der Waals surface area contributed by atoms with Gasteiger partial charge in [-0.25, -0.2) is 4.79 Å². The SMILES string of the molecule is O=C(OC(c1ccccc1)c1ccc(OCCN2CCCC2)cc1)c1cc2ccccc2[nH]1. The first kappa shape index (κ1) is 21.3. The lowest BCUT2D eigenvalue weighted by atomic mass is 10.0. The molecule has 1 N–H and O–H groups in total. The van der Waals surface area contributed by atoms with Crippen LogP contribution in [-0.2, 0) is 4.74 Å². The van der Waals surface area contributed by atoms with Gasteiger partial charge in [0.2, 0.25) is 0 Å². The van der Waals surface area contributed by atoms with Crippen LogP contribution in [0.3, 0.4) is 0 Å². The van der Waals surface area contributed by atoms with Gasteiger partial charge >= 0.3 is 5.97 Å². The summed E-state index contributed by atoms with van der Waals surface area (Å²) in [7, 11) is 0. The molecular weight excluding hydrogens is 412 g/mol. The monoisotopic (exact) mass is 440 g/mol. The highest BCUT2D eigenvalue weighted by Crippen LogP contribution is 2.29. The van der Waals surface area contributed by atoms with Gasteiger partial charge in [-0.1, -0.05) is 60.7 Å². The zero-order chi connectivity index (χ0) is 22.5. The van der Waals surface area contributed by atoms with Crippen molar-refractivity contribution in [3.05, 3.63) is 102 Å². The van der Waals surface area contributed by atoms with Gasteiger partial charge in [-0.15, -0.1) is 0 Å². The molecule has 5 nitrogen and oxygen atoms in total. The van der Waals surface area contributed by atoms with Crippen molar-refractivity contribution < 1.29 is 14.3 Å². The highest BCUT2D eigenvalue weighted by molar-refractivity contribution is 5.95. The second-order valence-corrected chi connectivity index (χ2v) is 8.43. The van der Waals surface area contributed by atoms with Crippen LogP contribution in [0.15, 0.2) is 84.9 Å². The average molecular weight is 441 g/mol. The molecule has 5 rings (SSSR count). The number of H-pyrrole nitrogens is 1. The summed E-state index contributed by atoms with van der Waals surface area (Å²) in [5.74, 6) is 0.442. The Hall–Kier alpha value is -3.57. The van der Waals surface area contributed by atoms with Crippen molar-refractivity contribution in [1.29, 1.82) is 0 Å². The number of nitrogens with zero attached hydrogens (tertiary/aromatic N) is 1. The number of carbonyl (C=O) groups is 1. The van der Waals surface area contributed by atoms with E-state index in [-0.39, 0.29) is 5.97 Å². The Morgan fingerprint density at radius 1 is 0.879 bits per heavy atom. The molecule has 1 aromatic heterocycles. The molecule has 0 amide bonds. The highest BCUT2D eigenvalue weighted by atomic mass is 16.5. The lowest BCUT2D eigenvalue weighted by Crippen LogP contribution is -2.25. The second-order valence-electron chi connectivity index (χ2n) is 8.43. The molecule has 0 radical (unpaired) electrons. The van der Waals surface area contributed by atoms with E-state index in [1.807, 2.05) is 84.9 Å². The molecule has 4 aromatic rings. The standard InChI is InChI=1S/C28H28N2O3/c31-28(26-20-23-10-4-5-11-25(23)29-26)33-27(21-8-2-1-3-9-21)22-12-14-24(15-13-22)32-19-18-30-16-6-7-17-30/h1-5,8-15,20,27,29H,6-7,16-19H2. The maximum atomic E-state index is 13.0. The van der Waals surface area contributed by atoms with Gasteiger partial charge in [-0.3, -0.25) is 4.90 Å². The van der Waals surface area contributed by atoms with E-state index in [9.17, 15) is 4.79 Å². The van der Waals surface area contributed by atoms with Gasteiger partial charge in [0, 0.05) is 17.4 Å². The van der Waals surface area contributed by atoms with E-state index in [0.29, 0.717) is 12.3 Å². The number of hydrogen-bond donors (Lipinski definition) is 1. The molecule has 0 bridgehead atoms. The Labute approximate surface area is 193 Å². The van der Waals surface area contributed by atoms with Gasteiger partial charge in [0.05, 0.1) is 0 Å². The van der Waals surface area contributed by atoms with E-state index < -0.39 is 6.10 Å². The summed E-state index contributed by atoms with van der Waals surface area (Å²) in [6.45, 7) is 3.97. The van der Waals surface area contributed by atoms with Crippen molar-refractivity contribution in [3.63, 3.8) is 0 Å². The zero-order valence-corrected chi connectivity index (χ0v) is 18.6. The Balaban J connectivity index is 1.31. The molecule has 1 unspecified atom stereocenters. The first-order chi connectivity index (χ1) is 16.3. The summed E-state index contributed by atoms with van der Waals surface area (Å²) in [6.07, 6.45) is 2.06. The van der Waals surface area contributed by atoms with E-state index in [4.69, 9.17) is 9.47 Å². The highest BCUT2D eigenvalue weighted by Gasteiger charge is 2.21. The van der Waals surface area contributed by atoms with Crippen LogP contribution >= 0.6 is 0 Å². The molecule has 1 fully saturated rings. The van der Waals surface area contributed by atoms with Crippen LogP contribution in [0.4, 0.5) is 0 Å². The third kappa shape index (κ3) is 5.10. The summed E-state index contributed by atoms with van der Waals surface area (Å²) < 4.78 is 11.9. The summed E-state index contributed by atoms with van der Waals surface area (Å²) in [5, 5.41) is 0.983. The number of hydrogen-bond acceptors (Lipinski definition) is 4. The minimum atomic E-state index is -0.510. The number of ether oxygens (including phenoxy) is 2. The van der Waals surface area contributed by atoms with Crippen molar-refractivity contribution in [2.24, 2.45) is 0 Å². The fraction of sp³-hybridized carbons (Fsp3) is 0.250. The Morgan fingerprint density at radius 2 is 1.58 bits per heavy atom. The van der Waals surface area contributed by atoms with Crippen LogP contribution in [0.2, 0.25) is 0 Å². The van der Waals surface area contributed by atoms with E-state index >= 15 is 0 Å². The molecule has 33 heavy (non-hydrogen) atoms. The fourth-order valence-electron chi connectivity index (χ4n) is 4.35. The summed E-state index contributed by atoms with van der Waals surface area (Å²) in [4.78, 5) is 18.6. The van der Waals surface area contributed by atoms with Gasteiger partial charge in [0.15, 0.2) is 6.10 Å². The number of aromatic amines is 1. The van der Waals surface area contributed by atoms with Gasteiger partial charge < -0.3 is 14.5 Å². The molecule has 168 valence electrons. The lowest BCUT2D eigenvalue weighted by Gasteiger charge is -2.19. The molecule has 1 aliphatic rings. The Morgan fingerprint density at radius 3 is 2.33 bits per heavy atom. The molecule has 5 heteroatoms. The Bertz CT molecular complexity index is 1160. The molecular formula is C28H28N2O3. The van der Waals surface area contributed by atoms with Crippen molar-refractivity contribution in [2.45, 2.75) is 18.9 Å². The normalized spacial score (nSPS) is 14.9. The molecule has 2 heterocycles. The van der Waals surface area contributed by atoms with Crippen LogP contribution in [0, 0.1) is 0 Å². The molecule has 0 spiro atoms. The Kier molecular flexibility index (Phi) is 6.40. The second kappa shape index (κ2) is 9.92. The quantitative estimate of drug-likeness (QED) is 0.363. The van der Waals surface area contributed by atoms with E-state index in [2.05, 4.69) is 9.88 Å². The topological polar surface area (TPSA) is 54.6 Å². The predicted molar refractivity (Wildman–Crippen MR) is 130 cm³/mol. The summed E-state index contributed by atoms with van der Waals surface area (Å²) >= 11 is 0. The number of nitrogens with one attached hydrogen (secondary N) is 1. The third-order valence-electron chi connectivity index (χ3n) is 6.13. The number of rotatable bonds is 8. The van der Waals surface area contributed by atoms with E-state index in [1.165, 1.54) is 25.9 Å². The molecule has 0 aliphatic carbocycles. The number of aromatic nitrogens is 1. The summed E-state index contributed by atoms with van der Waals surface area (Å²) in [5.41, 5.74) is 3.18. The minimum absolute atomic E-state index is 0.383. The van der Waals surface area contributed by atoms with Crippen molar-refractivity contribution in [1.82, 2.24) is 9.88 Å². The molecule has 1 saturated heterocycles. The predicted octanol–water partition coefficient (Wildman–Crippen LogP) is 5.59. The first-order valence-corrected chi connectivity index (χ1v) is 11.5. The lowest BCUT2D eigenvalue weighted by molar-refractivity contribution is 0.0372. The van der Waals surface area contributed by atoms with Gasteiger partial charge in [-0.05, 0) is 61.3 Å². The van der Waals surface area contributed by atoms with Crippen LogP contribution in [0.5, 0.6) is 5.75 Å². The van der Waals surface area contributed by atoms with Crippen molar-refractivity contribution >= 4 is 16.9 Å². The number of carbonyl (C=O) groups excluding carboxylic acids is 1. The fourth-order valence-corrected chi connectivity index (χ4v) is 4.35.